The highest BCUT2D eigenvalue weighted by atomic mass is 35.5. The van der Waals surface area contributed by atoms with Crippen LogP contribution in [-0.2, 0) is 4.74 Å². The highest BCUT2D eigenvalue weighted by Gasteiger charge is 2.07. The lowest BCUT2D eigenvalue weighted by atomic mass is 10.1. The van der Waals surface area contributed by atoms with Gasteiger partial charge in [0.15, 0.2) is 0 Å². The fourth-order valence-corrected chi connectivity index (χ4v) is 1.44. The van der Waals surface area contributed by atoms with E-state index in [2.05, 4.69) is 15.3 Å². The second-order valence-electron chi connectivity index (χ2n) is 3.25. The number of hydrogen-bond acceptors (Lipinski definition) is 4. The minimum Gasteiger partial charge on any atom is -0.452 e. The summed E-state index contributed by atoms with van der Waals surface area (Å²) in [7, 11) is 1.27. The number of methoxy groups -OCH3 is 1. The van der Waals surface area contributed by atoms with Crippen LogP contribution in [0.15, 0.2) is 23.3 Å². The van der Waals surface area contributed by atoms with Crippen LogP contribution in [0.2, 0.25) is 5.02 Å². The van der Waals surface area contributed by atoms with Crippen LogP contribution in [0.25, 0.3) is 0 Å². The van der Waals surface area contributed by atoms with Gasteiger partial charge in [0.2, 0.25) is 0 Å². The van der Waals surface area contributed by atoms with Crippen molar-refractivity contribution >= 4 is 29.1 Å². The standard InChI is InChI=1S/C11H14ClN3O2/c1-3-10(14-15-11(16)17-2)8-6-7(12)4-5-9(8)13/h4-6H,3,13H2,1-2H3,(H,15,16)/b14-10+. The van der Waals surface area contributed by atoms with Gasteiger partial charge in [-0.2, -0.15) is 5.10 Å². The molecule has 0 heterocycles. The third kappa shape index (κ3) is 3.64. The molecular formula is C11H14ClN3O2. The summed E-state index contributed by atoms with van der Waals surface area (Å²) in [4.78, 5) is 10.9. The Balaban J connectivity index is 3.00. The first-order valence-corrected chi connectivity index (χ1v) is 5.42. The molecule has 1 amide bonds. The molecule has 0 radical (unpaired) electrons. The molecule has 0 unspecified atom stereocenters. The molecule has 6 heteroatoms. The predicted molar refractivity (Wildman–Crippen MR) is 68.2 cm³/mol. The van der Waals surface area contributed by atoms with Gasteiger partial charge in [0, 0.05) is 16.3 Å². The van der Waals surface area contributed by atoms with E-state index in [1.54, 1.807) is 18.2 Å². The normalized spacial score (nSPS) is 11.1. The van der Waals surface area contributed by atoms with Gasteiger partial charge in [-0.3, -0.25) is 0 Å². The van der Waals surface area contributed by atoms with E-state index < -0.39 is 6.09 Å². The monoisotopic (exact) mass is 255 g/mol. The van der Waals surface area contributed by atoms with Crippen molar-refractivity contribution < 1.29 is 9.53 Å². The molecule has 1 rings (SSSR count). The number of benzene rings is 1. The first-order chi connectivity index (χ1) is 8.08. The average Bonchev–Trinajstić information content (AvgIpc) is 2.33. The number of carbonyl (C=O) groups is 1. The van der Waals surface area contributed by atoms with Crippen molar-refractivity contribution in [3.05, 3.63) is 28.8 Å². The molecule has 1 aromatic rings. The molecular weight excluding hydrogens is 242 g/mol. The second kappa shape index (κ2) is 6.10. The van der Waals surface area contributed by atoms with Crippen LogP contribution in [-0.4, -0.2) is 18.9 Å². The average molecular weight is 256 g/mol. The van der Waals surface area contributed by atoms with E-state index in [0.717, 1.165) is 0 Å². The van der Waals surface area contributed by atoms with Crippen LogP contribution in [0.3, 0.4) is 0 Å². The maximum absolute atomic E-state index is 10.9. The van der Waals surface area contributed by atoms with Gasteiger partial charge in [0.1, 0.15) is 0 Å². The Morgan fingerprint density at radius 3 is 2.88 bits per heavy atom. The molecule has 0 bridgehead atoms. The lowest BCUT2D eigenvalue weighted by Crippen LogP contribution is -2.19. The Morgan fingerprint density at radius 1 is 1.59 bits per heavy atom. The Labute approximate surface area is 105 Å². The molecule has 17 heavy (non-hydrogen) atoms. The number of amides is 1. The number of nitrogen functional groups attached to an aromatic ring is 1. The smallest absolute Gasteiger partial charge is 0.427 e. The quantitative estimate of drug-likeness (QED) is 0.495. The number of carbonyl (C=O) groups excluding carboxylic acids is 1. The minimum atomic E-state index is -0.628. The van der Waals surface area contributed by atoms with E-state index in [-0.39, 0.29) is 0 Å². The Hall–Kier alpha value is -1.75. The zero-order valence-corrected chi connectivity index (χ0v) is 10.4. The largest absolute Gasteiger partial charge is 0.452 e. The lowest BCUT2D eigenvalue weighted by Gasteiger charge is -2.08. The number of rotatable bonds is 3. The molecule has 0 spiro atoms. The van der Waals surface area contributed by atoms with Gasteiger partial charge < -0.3 is 10.5 Å². The summed E-state index contributed by atoms with van der Waals surface area (Å²) in [6, 6.07) is 5.10. The Morgan fingerprint density at radius 2 is 2.29 bits per heavy atom. The maximum Gasteiger partial charge on any atom is 0.427 e. The molecule has 0 fully saturated rings. The molecule has 0 aliphatic carbocycles. The van der Waals surface area contributed by atoms with Gasteiger partial charge in [-0.05, 0) is 24.6 Å². The van der Waals surface area contributed by atoms with Crippen LogP contribution in [0.5, 0.6) is 0 Å². The van der Waals surface area contributed by atoms with Crippen LogP contribution in [0.4, 0.5) is 10.5 Å². The number of hydrogen-bond donors (Lipinski definition) is 2. The molecule has 0 aromatic heterocycles. The van der Waals surface area contributed by atoms with Crippen LogP contribution in [0, 0.1) is 0 Å². The number of halogens is 1. The van der Waals surface area contributed by atoms with Gasteiger partial charge in [-0.25, -0.2) is 10.2 Å². The fourth-order valence-electron chi connectivity index (χ4n) is 1.27. The number of nitrogens with zero attached hydrogens (tertiary/aromatic N) is 1. The SMILES string of the molecule is CC/C(=N\NC(=O)OC)c1cc(Cl)ccc1N. The van der Waals surface area contributed by atoms with Crippen molar-refractivity contribution in [1.29, 1.82) is 0 Å². The molecule has 92 valence electrons. The molecule has 0 aliphatic heterocycles. The van der Waals surface area contributed by atoms with Gasteiger partial charge in [-0.15, -0.1) is 0 Å². The fraction of sp³-hybridized carbons (Fsp3) is 0.273. The van der Waals surface area contributed by atoms with E-state index in [1.165, 1.54) is 7.11 Å². The summed E-state index contributed by atoms with van der Waals surface area (Å²) in [5.41, 5.74) is 9.97. The number of nitrogens with two attached hydrogens (primary N) is 1. The number of hydrazone groups is 1. The van der Waals surface area contributed by atoms with Gasteiger partial charge in [0.05, 0.1) is 12.8 Å². The Kier molecular flexibility index (Phi) is 4.78. The summed E-state index contributed by atoms with van der Waals surface area (Å²) in [5.74, 6) is 0. The summed E-state index contributed by atoms with van der Waals surface area (Å²) in [6.07, 6.45) is -0.0225. The van der Waals surface area contributed by atoms with Crippen LogP contribution >= 0.6 is 11.6 Å². The van der Waals surface area contributed by atoms with Crippen molar-refractivity contribution in [2.45, 2.75) is 13.3 Å². The summed E-state index contributed by atoms with van der Waals surface area (Å²) >= 11 is 5.89. The first-order valence-electron chi connectivity index (χ1n) is 5.04. The zero-order chi connectivity index (χ0) is 12.8. The van der Waals surface area contributed by atoms with Crippen molar-refractivity contribution in [2.75, 3.05) is 12.8 Å². The number of anilines is 1. The van der Waals surface area contributed by atoms with Crippen molar-refractivity contribution in [3.8, 4) is 0 Å². The van der Waals surface area contributed by atoms with Crippen LogP contribution in [0.1, 0.15) is 18.9 Å². The van der Waals surface area contributed by atoms with Crippen molar-refractivity contribution in [2.24, 2.45) is 5.10 Å². The van der Waals surface area contributed by atoms with Crippen molar-refractivity contribution in [3.63, 3.8) is 0 Å². The van der Waals surface area contributed by atoms with Gasteiger partial charge in [0.25, 0.3) is 0 Å². The number of nitrogens with one attached hydrogen (secondary N) is 1. The minimum absolute atomic E-state index is 0.557. The molecule has 1 aromatic carbocycles. The molecule has 3 N–H and O–H groups in total. The van der Waals surface area contributed by atoms with Crippen LogP contribution < -0.4 is 11.2 Å². The topological polar surface area (TPSA) is 76.7 Å². The Bertz CT molecular complexity index is 446. The molecule has 5 nitrogen and oxygen atoms in total. The second-order valence-corrected chi connectivity index (χ2v) is 3.68. The van der Waals surface area contributed by atoms with Gasteiger partial charge in [-0.1, -0.05) is 18.5 Å². The molecule has 0 aliphatic rings. The van der Waals surface area contributed by atoms with Crippen molar-refractivity contribution in [1.82, 2.24) is 5.43 Å². The lowest BCUT2D eigenvalue weighted by molar-refractivity contribution is 0.171. The predicted octanol–water partition coefficient (Wildman–Crippen LogP) is 2.39. The summed E-state index contributed by atoms with van der Waals surface area (Å²) < 4.78 is 4.42. The van der Waals surface area contributed by atoms with Gasteiger partial charge >= 0.3 is 6.09 Å². The van der Waals surface area contributed by atoms with E-state index in [0.29, 0.717) is 28.4 Å². The summed E-state index contributed by atoms with van der Waals surface area (Å²) in [6.45, 7) is 1.90. The first kappa shape index (κ1) is 13.3. The highest BCUT2D eigenvalue weighted by Crippen LogP contribution is 2.19. The maximum atomic E-state index is 10.9. The molecule has 0 atom stereocenters. The summed E-state index contributed by atoms with van der Waals surface area (Å²) in [5, 5.41) is 4.50. The van der Waals surface area contributed by atoms with E-state index in [9.17, 15) is 4.79 Å². The third-order valence-corrected chi connectivity index (χ3v) is 2.36. The van der Waals surface area contributed by atoms with E-state index >= 15 is 0 Å². The zero-order valence-electron chi connectivity index (χ0n) is 9.66. The third-order valence-electron chi connectivity index (χ3n) is 2.13. The molecule has 0 saturated carbocycles. The molecule has 0 saturated heterocycles. The van der Waals surface area contributed by atoms with E-state index in [4.69, 9.17) is 17.3 Å². The highest BCUT2D eigenvalue weighted by molar-refractivity contribution is 6.31. The number of ether oxygens (including phenoxy) is 1. The van der Waals surface area contributed by atoms with E-state index in [1.807, 2.05) is 6.92 Å².